The molecule has 1 amide bonds. The smallest absolute Gasteiger partial charge is 0.248 e. The van der Waals surface area contributed by atoms with Crippen molar-refractivity contribution < 1.29 is 9.18 Å². The second kappa shape index (κ2) is 5.14. The van der Waals surface area contributed by atoms with Gasteiger partial charge < -0.3 is 11.1 Å². The first kappa shape index (κ1) is 12.5. The lowest BCUT2D eigenvalue weighted by Gasteiger charge is -2.14. The van der Waals surface area contributed by atoms with Gasteiger partial charge in [0, 0.05) is 16.6 Å². The first-order valence-electron chi connectivity index (χ1n) is 5.32. The number of amides is 1. The average molecular weight is 265 g/mol. The molecule has 0 aliphatic rings. The molecule has 18 heavy (non-hydrogen) atoms. The van der Waals surface area contributed by atoms with E-state index < -0.39 is 11.7 Å². The van der Waals surface area contributed by atoms with Crippen LogP contribution in [0.4, 0.5) is 10.1 Å². The number of rotatable bonds is 4. The van der Waals surface area contributed by atoms with Crippen LogP contribution in [0.5, 0.6) is 0 Å². The van der Waals surface area contributed by atoms with Gasteiger partial charge >= 0.3 is 0 Å². The molecule has 0 spiro atoms. The highest BCUT2D eigenvalue weighted by molar-refractivity contribution is 7.09. The number of hydrogen-bond acceptors (Lipinski definition) is 4. The van der Waals surface area contributed by atoms with Gasteiger partial charge in [-0.3, -0.25) is 9.78 Å². The third-order valence-electron chi connectivity index (χ3n) is 2.50. The number of hydrogen-bond donors (Lipinski definition) is 2. The highest BCUT2D eigenvalue weighted by atomic mass is 32.1. The van der Waals surface area contributed by atoms with Gasteiger partial charge in [0.25, 0.3) is 0 Å². The molecule has 2 aromatic rings. The topological polar surface area (TPSA) is 68.0 Å². The molecule has 4 nitrogen and oxygen atoms in total. The summed E-state index contributed by atoms with van der Waals surface area (Å²) in [6.45, 7) is 1.89. The molecule has 0 saturated carbocycles. The van der Waals surface area contributed by atoms with Gasteiger partial charge in [-0.05, 0) is 25.1 Å². The van der Waals surface area contributed by atoms with Crippen LogP contribution in [0.2, 0.25) is 0 Å². The van der Waals surface area contributed by atoms with E-state index in [1.54, 1.807) is 11.7 Å². The summed E-state index contributed by atoms with van der Waals surface area (Å²) in [5.41, 5.74) is 7.40. The number of nitrogens with zero attached hydrogens (tertiary/aromatic N) is 1. The van der Waals surface area contributed by atoms with Crippen molar-refractivity contribution in [1.29, 1.82) is 0 Å². The minimum absolute atomic E-state index is 0.0878. The maximum absolute atomic E-state index is 13.6. The normalized spacial score (nSPS) is 12.1. The minimum Gasteiger partial charge on any atom is -0.375 e. The molecule has 1 aromatic carbocycles. The zero-order valence-electron chi connectivity index (χ0n) is 9.68. The highest BCUT2D eigenvalue weighted by Crippen LogP contribution is 2.24. The molecule has 3 N–H and O–H groups in total. The number of nitrogens with two attached hydrogens (primary N) is 1. The molecular formula is C12H12FN3OS. The quantitative estimate of drug-likeness (QED) is 0.892. The van der Waals surface area contributed by atoms with Gasteiger partial charge in [-0.25, -0.2) is 4.39 Å². The largest absolute Gasteiger partial charge is 0.375 e. The number of halogens is 1. The number of aromatic nitrogens is 1. The standard InChI is InChI=1S/C12H12FN3OS/c1-7(11-5-15-6-18-11)16-10-4-8(12(14)17)2-3-9(10)13/h2-7,16H,1H3,(H2,14,17). The van der Waals surface area contributed by atoms with Gasteiger partial charge in [-0.1, -0.05) is 0 Å². The lowest BCUT2D eigenvalue weighted by atomic mass is 10.1. The number of benzene rings is 1. The van der Waals surface area contributed by atoms with Crippen molar-refractivity contribution >= 4 is 22.9 Å². The molecule has 1 heterocycles. The SMILES string of the molecule is CC(Nc1cc(C(N)=O)ccc1F)c1cncs1. The van der Waals surface area contributed by atoms with E-state index >= 15 is 0 Å². The summed E-state index contributed by atoms with van der Waals surface area (Å²) in [5.74, 6) is -1.00. The molecule has 0 radical (unpaired) electrons. The Kier molecular flexibility index (Phi) is 3.57. The molecule has 0 saturated heterocycles. The van der Waals surface area contributed by atoms with Gasteiger partial charge in [0.05, 0.1) is 17.2 Å². The number of nitrogens with one attached hydrogen (secondary N) is 1. The van der Waals surface area contributed by atoms with E-state index in [1.165, 1.54) is 29.5 Å². The molecular weight excluding hydrogens is 253 g/mol. The van der Waals surface area contributed by atoms with Crippen LogP contribution in [0, 0.1) is 5.82 Å². The predicted molar refractivity (Wildman–Crippen MR) is 69.1 cm³/mol. The van der Waals surface area contributed by atoms with Crippen molar-refractivity contribution in [2.45, 2.75) is 13.0 Å². The zero-order chi connectivity index (χ0) is 13.1. The van der Waals surface area contributed by atoms with Gasteiger partial charge in [-0.2, -0.15) is 0 Å². The van der Waals surface area contributed by atoms with Crippen LogP contribution in [0.25, 0.3) is 0 Å². The van der Waals surface area contributed by atoms with Crippen LogP contribution in [-0.2, 0) is 0 Å². The predicted octanol–water partition coefficient (Wildman–Crippen LogP) is 2.55. The minimum atomic E-state index is -0.580. The third-order valence-corrected chi connectivity index (χ3v) is 3.46. The summed E-state index contributed by atoms with van der Waals surface area (Å²) in [6.07, 6.45) is 1.72. The van der Waals surface area contributed by atoms with Crippen molar-refractivity contribution in [3.63, 3.8) is 0 Å². The van der Waals surface area contributed by atoms with Crippen molar-refractivity contribution in [2.24, 2.45) is 5.73 Å². The van der Waals surface area contributed by atoms with E-state index in [1.807, 2.05) is 6.92 Å². The summed E-state index contributed by atoms with van der Waals surface area (Å²) >= 11 is 1.48. The van der Waals surface area contributed by atoms with Crippen LogP contribution in [0.3, 0.4) is 0 Å². The second-order valence-electron chi connectivity index (χ2n) is 3.83. The number of carbonyl (C=O) groups is 1. The zero-order valence-corrected chi connectivity index (χ0v) is 10.5. The Balaban J connectivity index is 2.23. The molecule has 94 valence electrons. The molecule has 1 aromatic heterocycles. The van der Waals surface area contributed by atoms with E-state index in [4.69, 9.17) is 5.73 Å². The van der Waals surface area contributed by atoms with Gasteiger partial charge in [0.15, 0.2) is 0 Å². The second-order valence-corrected chi connectivity index (χ2v) is 4.75. The molecule has 1 atom stereocenters. The maximum Gasteiger partial charge on any atom is 0.248 e. The molecule has 1 unspecified atom stereocenters. The third kappa shape index (κ3) is 2.65. The molecule has 0 fully saturated rings. The summed E-state index contributed by atoms with van der Waals surface area (Å²) in [5, 5.41) is 3.00. The molecule has 6 heteroatoms. The Morgan fingerprint density at radius 1 is 1.56 bits per heavy atom. The van der Waals surface area contributed by atoms with Crippen LogP contribution >= 0.6 is 11.3 Å². The summed E-state index contributed by atoms with van der Waals surface area (Å²) in [6, 6.07) is 3.91. The van der Waals surface area contributed by atoms with Crippen molar-refractivity contribution in [3.8, 4) is 0 Å². The Bertz CT molecular complexity index is 556. The number of anilines is 1. The first-order valence-corrected chi connectivity index (χ1v) is 6.20. The molecule has 0 aliphatic heterocycles. The van der Waals surface area contributed by atoms with Crippen LogP contribution in [0.15, 0.2) is 29.9 Å². The maximum atomic E-state index is 13.6. The van der Waals surface area contributed by atoms with Gasteiger partial charge in [0.2, 0.25) is 5.91 Å². The Labute approximate surface area is 108 Å². The molecule has 0 bridgehead atoms. The number of carbonyl (C=O) groups excluding carboxylic acids is 1. The first-order chi connectivity index (χ1) is 8.58. The Morgan fingerprint density at radius 3 is 2.94 bits per heavy atom. The van der Waals surface area contributed by atoms with E-state index in [9.17, 15) is 9.18 Å². The van der Waals surface area contributed by atoms with E-state index in [-0.39, 0.29) is 17.3 Å². The van der Waals surface area contributed by atoms with Crippen LogP contribution < -0.4 is 11.1 Å². The lowest BCUT2D eigenvalue weighted by Crippen LogP contribution is -2.13. The van der Waals surface area contributed by atoms with E-state index in [2.05, 4.69) is 10.3 Å². The fourth-order valence-corrected chi connectivity index (χ4v) is 2.16. The fraction of sp³-hybridized carbons (Fsp3) is 0.167. The summed E-state index contributed by atoms with van der Waals surface area (Å²) in [7, 11) is 0. The Morgan fingerprint density at radius 2 is 2.33 bits per heavy atom. The van der Waals surface area contributed by atoms with Gasteiger partial charge in [-0.15, -0.1) is 11.3 Å². The van der Waals surface area contributed by atoms with Crippen molar-refractivity contribution in [3.05, 3.63) is 46.2 Å². The van der Waals surface area contributed by atoms with E-state index in [0.29, 0.717) is 0 Å². The van der Waals surface area contributed by atoms with Gasteiger partial charge in [0.1, 0.15) is 5.82 Å². The van der Waals surface area contributed by atoms with Crippen LogP contribution in [-0.4, -0.2) is 10.9 Å². The van der Waals surface area contributed by atoms with E-state index in [0.717, 1.165) is 4.88 Å². The van der Waals surface area contributed by atoms with Crippen LogP contribution in [0.1, 0.15) is 28.2 Å². The average Bonchev–Trinajstić information content (AvgIpc) is 2.85. The molecule has 0 aliphatic carbocycles. The number of primary amides is 1. The van der Waals surface area contributed by atoms with Crippen molar-refractivity contribution in [2.75, 3.05) is 5.32 Å². The Hall–Kier alpha value is -1.95. The highest BCUT2D eigenvalue weighted by Gasteiger charge is 2.11. The van der Waals surface area contributed by atoms with Crippen molar-refractivity contribution in [1.82, 2.24) is 4.98 Å². The fourth-order valence-electron chi connectivity index (χ4n) is 1.53. The monoisotopic (exact) mass is 265 g/mol. The summed E-state index contributed by atoms with van der Waals surface area (Å²) in [4.78, 5) is 16.0. The number of thiazole rings is 1. The summed E-state index contributed by atoms with van der Waals surface area (Å²) < 4.78 is 13.6. The molecule has 2 rings (SSSR count). The lowest BCUT2D eigenvalue weighted by molar-refractivity contribution is 0.100.